The SMILES string of the molecule is CCC1(CNC(=O)c2ccc(S(N)(=O)=O)cc2)CC1. The largest absolute Gasteiger partial charge is 0.351 e. The lowest BCUT2D eigenvalue weighted by molar-refractivity contribution is 0.0944. The summed E-state index contributed by atoms with van der Waals surface area (Å²) in [6, 6.07) is 5.63. The maximum Gasteiger partial charge on any atom is 0.251 e. The first-order valence-corrected chi connectivity index (χ1v) is 7.82. The molecule has 1 aromatic carbocycles. The number of nitrogens with one attached hydrogen (secondary N) is 1. The Labute approximate surface area is 113 Å². The first-order valence-electron chi connectivity index (χ1n) is 6.27. The Kier molecular flexibility index (Phi) is 3.64. The van der Waals surface area contributed by atoms with E-state index in [9.17, 15) is 13.2 Å². The minimum atomic E-state index is -3.71. The van der Waals surface area contributed by atoms with Crippen LogP contribution in [0.2, 0.25) is 0 Å². The summed E-state index contributed by atoms with van der Waals surface area (Å²) < 4.78 is 22.2. The molecule has 0 spiro atoms. The summed E-state index contributed by atoms with van der Waals surface area (Å²) in [5.41, 5.74) is 0.732. The van der Waals surface area contributed by atoms with Gasteiger partial charge in [0.1, 0.15) is 0 Å². The van der Waals surface area contributed by atoms with Crippen LogP contribution >= 0.6 is 0 Å². The van der Waals surface area contributed by atoms with Gasteiger partial charge in [0.15, 0.2) is 0 Å². The highest BCUT2D eigenvalue weighted by atomic mass is 32.2. The number of sulfonamides is 1. The van der Waals surface area contributed by atoms with Crippen LogP contribution in [-0.2, 0) is 10.0 Å². The summed E-state index contributed by atoms with van der Waals surface area (Å²) in [5.74, 6) is -0.180. The minimum absolute atomic E-state index is 0.0104. The first-order chi connectivity index (χ1) is 8.86. The van der Waals surface area contributed by atoms with Gasteiger partial charge >= 0.3 is 0 Å². The Bertz CT molecular complexity index is 574. The highest BCUT2D eigenvalue weighted by molar-refractivity contribution is 7.89. The van der Waals surface area contributed by atoms with Crippen LogP contribution in [0, 0.1) is 5.41 Å². The second kappa shape index (κ2) is 4.94. The highest BCUT2D eigenvalue weighted by Gasteiger charge is 2.40. The third kappa shape index (κ3) is 3.33. The molecule has 0 saturated heterocycles. The number of carbonyl (C=O) groups excluding carboxylic acids is 1. The Morgan fingerprint density at radius 1 is 1.32 bits per heavy atom. The van der Waals surface area contributed by atoms with E-state index in [-0.39, 0.29) is 16.2 Å². The monoisotopic (exact) mass is 282 g/mol. The van der Waals surface area contributed by atoms with Gasteiger partial charge in [0.2, 0.25) is 10.0 Å². The molecule has 0 aromatic heterocycles. The predicted octanol–water partition coefficient (Wildman–Crippen LogP) is 1.25. The highest BCUT2D eigenvalue weighted by Crippen LogP contribution is 2.47. The summed E-state index contributed by atoms with van der Waals surface area (Å²) >= 11 is 0. The Morgan fingerprint density at radius 2 is 1.89 bits per heavy atom. The molecular weight excluding hydrogens is 264 g/mol. The second-order valence-electron chi connectivity index (χ2n) is 5.11. The lowest BCUT2D eigenvalue weighted by Gasteiger charge is -2.13. The molecule has 3 N–H and O–H groups in total. The molecule has 0 aliphatic heterocycles. The van der Waals surface area contributed by atoms with Gasteiger partial charge in [-0.1, -0.05) is 6.92 Å². The van der Waals surface area contributed by atoms with E-state index in [4.69, 9.17) is 5.14 Å². The second-order valence-corrected chi connectivity index (χ2v) is 6.67. The van der Waals surface area contributed by atoms with Gasteiger partial charge < -0.3 is 5.32 Å². The standard InChI is InChI=1S/C13H18N2O3S/c1-2-13(7-8-13)9-15-12(16)10-3-5-11(6-4-10)19(14,17)18/h3-6H,2,7-9H2,1H3,(H,15,16)(H2,14,17,18). The smallest absolute Gasteiger partial charge is 0.251 e. The molecule has 0 heterocycles. The van der Waals surface area contributed by atoms with Crippen molar-refractivity contribution in [2.75, 3.05) is 6.54 Å². The summed E-state index contributed by atoms with van der Waals surface area (Å²) in [7, 11) is -3.71. The summed E-state index contributed by atoms with van der Waals surface area (Å²) in [4.78, 5) is 11.9. The molecule has 0 unspecified atom stereocenters. The minimum Gasteiger partial charge on any atom is -0.351 e. The maximum absolute atomic E-state index is 11.9. The van der Waals surface area contributed by atoms with Gasteiger partial charge in [-0.05, 0) is 48.9 Å². The lowest BCUT2D eigenvalue weighted by Crippen LogP contribution is -2.30. The van der Waals surface area contributed by atoms with E-state index in [0.29, 0.717) is 12.1 Å². The van der Waals surface area contributed by atoms with Crippen molar-refractivity contribution < 1.29 is 13.2 Å². The van der Waals surface area contributed by atoms with Crippen LogP contribution in [0.25, 0.3) is 0 Å². The maximum atomic E-state index is 11.9. The molecule has 1 aliphatic rings. The predicted molar refractivity (Wildman–Crippen MR) is 72.1 cm³/mol. The van der Waals surface area contributed by atoms with Gasteiger partial charge in [-0.3, -0.25) is 4.79 Å². The zero-order valence-corrected chi connectivity index (χ0v) is 11.7. The van der Waals surface area contributed by atoms with Gasteiger partial charge in [-0.2, -0.15) is 0 Å². The van der Waals surface area contributed by atoms with E-state index in [2.05, 4.69) is 12.2 Å². The molecule has 1 saturated carbocycles. The molecule has 0 atom stereocenters. The molecular formula is C13H18N2O3S. The van der Waals surface area contributed by atoms with Crippen molar-refractivity contribution in [3.05, 3.63) is 29.8 Å². The molecule has 104 valence electrons. The first kappa shape index (κ1) is 14.0. The third-order valence-electron chi connectivity index (χ3n) is 3.78. The number of carbonyl (C=O) groups is 1. The topological polar surface area (TPSA) is 89.3 Å². The number of hydrogen-bond donors (Lipinski definition) is 2. The fourth-order valence-electron chi connectivity index (χ4n) is 2.00. The number of nitrogens with two attached hydrogens (primary N) is 1. The molecule has 2 rings (SSSR count). The van der Waals surface area contributed by atoms with Crippen LogP contribution in [0.4, 0.5) is 0 Å². The average molecular weight is 282 g/mol. The van der Waals surface area contributed by atoms with E-state index in [0.717, 1.165) is 19.3 Å². The molecule has 1 aromatic rings. The van der Waals surface area contributed by atoms with Crippen molar-refractivity contribution in [2.24, 2.45) is 10.6 Å². The fourth-order valence-corrected chi connectivity index (χ4v) is 2.51. The van der Waals surface area contributed by atoms with Gasteiger partial charge in [0.25, 0.3) is 5.91 Å². The molecule has 1 fully saturated rings. The van der Waals surface area contributed by atoms with Crippen molar-refractivity contribution in [2.45, 2.75) is 31.1 Å². The molecule has 1 aliphatic carbocycles. The molecule has 1 amide bonds. The van der Waals surface area contributed by atoms with E-state index in [1.165, 1.54) is 24.3 Å². The van der Waals surface area contributed by atoms with Crippen molar-refractivity contribution >= 4 is 15.9 Å². The summed E-state index contributed by atoms with van der Waals surface area (Å²) in [6.45, 7) is 2.80. The van der Waals surface area contributed by atoms with Crippen LogP contribution in [0.5, 0.6) is 0 Å². The van der Waals surface area contributed by atoms with Gasteiger partial charge in [0.05, 0.1) is 4.90 Å². The zero-order chi connectivity index (χ0) is 14.1. The third-order valence-corrected chi connectivity index (χ3v) is 4.71. The number of benzene rings is 1. The zero-order valence-electron chi connectivity index (χ0n) is 10.8. The van der Waals surface area contributed by atoms with E-state index < -0.39 is 10.0 Å². The number of primary sulfonamides is 1. The summed E-state index contributed by atoms with van der Waals surface area (Å²) in [5, 5.41) is 7.89. The van der Waals surface area contributed by atoms with Crippen LogP contribution in [-0.4, -0.2) is 20.9 Å². The Morgan fingerprint density at radius 3 is 2.32 bits per heavy atom. The lowest BCUT2D eigenvalue weighted by atomic mass is 10.0. The van der Waals surface area contributed by atoms with Crippen LogP contribution < -0.4 is 10.5 Å². The molecule has 0 bridgehead atoms. The van der Waals surface area contributed by atoms with E-state index >= 15 is 0 Å². The number of rotatable bonds is 5. The molecule has 6 heteroatoms. The van der Waals surface area contributed by atoms with Crippen molar-refractivity contribution in [1.82, 2.24) is 5.32 Å². The molecule has 0 radical (unpaired) electrons. The Balaban J connectivity index is 2.00. The quantitative estimate of drug-likeness (QED) is 0.851. The van der Waals surface area contributed by atoms with Gasteiger partial charge in [-0.25, -0.2) is 13.6 Å². The fraction of sp³-hybridized carbons (Fsp3) is 0.462. The molecule has 5 nitrogen and oxygen atoms in total. The Hall–Kier alpha value is -1.40. The number of hydrogen-bond acceptors (Lipinski definition) is 3. The van der Waals surface area contributed by atoms with Crippen molar-refractivity contribution in [3.63, 3.8) is 0 Å². The van der Waals surface area contributed by atoms with Crippen LogP contribution in [0.3, 0.4) is 0 Å². The van der Waals surface area contributed by atoms with Crippen LogP contribution in [0.1, 0.15) is 36.5 Å². The van der Waals surface area contributed by atoms with Crippen molar-refractivity contribution in [1.29, 1.82) is 0 Å². The molecule has 19 heavy (non-hydrogen) atoms. The van der Waals surface area contributed by atoms with E-state index in [1.54, 1.807) is 0 Å². The van der Waals surface area contributed by atoms with Gasteiger partial charge in [-0.15, -0.1) is 0 Å². The van der Waals surface area contributed by atoms with Crippen molar-refractivity contribution in [3.8, 4) is 0 Å². The van der Waals surface area contributed by atoms with Gasteiger partial charge in [0, 0.05) is 12.1 Å². The normalized spacial score (nSPS) is 16.9. The summed E-state index contributed by atoms with van der Waals surface area (Å²) in [6.07, 6.45) is 3.39. The average Bonchev–Trinajstić information content (AvgIpc) is 3.16. The number of amides is 1. The van der Waals surface area contributed by atoms with E-state index in [1.807, 2.05) is 0 Å². The van der Waals surface area contributed by atoms with Crippen LogP contribution in [0.15, 0.2) is 29.2 Å².